The fourth-order valence-electron chi connectivity index (χ4n) is 3.57. The van der Waals surface area contributed by atoms with Crippen molar-refractivity contribution in [2.75, 3.05) is 13.7 Å². The van der Waals surface area contributed by atoms with Crippen LogP contribution in [0.4, 0.5) is 13.2 Å². The number of amides is 1. The van der Waals surface area contributed by atoms with Gasteiger partial charge in [0.1, 0.15) is 5.75 Å². The van der Waals surface area contributed by atoms with Crippen LogP contribution in [-0.4, -0.2) is 36.7 Å². The molecule has 0 aliphatic heterocycles. The number of carbonyl (C=O) groups excluding carboxylic acids is 1. The van der Waals surface area contributed by atoms with Gasteiger partial charge in [0, 0.05) is 26.1 Å². The normalized spacial score (nSPS) is 19.5. The van der Waals surface area contributed by atoms with Crippen LogP contribution in [0.2, 0.25) is 0 Å². The van der Waals surface area contributed by atoms with E-state index in [0.29, 0.717) is 24.1 Å². The summed E-state index contributed by atoms with van der Waals surface area (Å²) in [6.07, 6.45) is -0.891. The topological polar surface area (TPSA) is 55.6 Å². The molecule has 4 nitrogen and oxygen atoms in total. The van der Waals surface area contributed by atoms with Crippen molar-refractivity contribution in [2.24, 2.45) is 11.7 Å². The molecule has 0 spiro atoms. The first-order valence-corrected chi connectivity index (χ1v) is 8.86. The first-order chi connectivity index (χ1) is 12.1. The van der Waals surface area contributed by atoms with Gasteiger partial charge in [0.15, 0.2) is 6.61 Å². The number of rotatable bonds is 6. The number of alkyl halides is 3. The van der Waals surface area contributed by atoms with Crippen molar-refractivity contribution in [3.63, 3.8) is 0 Å². The first-order valence-electron chi connectivity index (χ1n) is 8.86. The molecule has 1 saturated carbocycles. The van der Waals surface area contributed by atoms with Crippen molar-refractivity contribution in [2.45, 2.75) is 58.3 Å². The molecule has 2 N–H and O–H groups in total. The fourth-order valence-corrected chi connectivity index (χ4v) is 3.57. The van der Waals surface area contributed by atoms with E-state index < -0.39 is 12.8 Å². The van der Waals surface area contributed by atoms with Gasteiger partial charge in [0.2, 0.25) is 5.91 Å². The van der Waals surface area contributed by atoms with Gasteiger partial charge in [-0.1, -0.05) is 18.6 Å². The molecule has 154 valence electrons. The van der Waals surface area contributed by atoms with Gasteiger partial charge in [-0.2, -0.15) is 13.2 Å². The predicted molar refractivity (Wildman–Crippen MR) is 101 cm³/mol. The fraction of sp³-hybridized carbons (Fsp3) is 0.632. The number of halogens is 4. The zero-order chi connectivity index (χ0) is 19.5. The summed E-state index contributed by atoms with van der Waals surface area (Å²) in [6, 6.07) is 3.63. The Bertz CT molecular complexity index is 629. The monoisotopic (exact) mass is 408 g/mol. The van der Waals surface area contributed by atoms with E-state index in [-0.39, 0.29) is 36.0 Å². The van der Waals surface area contributed by atoms with E-state index in [1.165, 1.54) is 0 Å². The molecule has 1 aromatic carbocycles. The summed E-state index contributed by atoms with van der Waals surface area (Å²) < 4.78 is 42.0. The van der Waals surface area contributed by atoms with Gasteiger partial charge in [-0.3, -0.25) is 4.79 Å². The number of ether oxygens (including phenoxy) is 1. The Morgan fingerprint density at radius 3 is 2.33 bits per heavy atom. The zero-order valence-electron chi connectivity index (χ0n) is 15.9. The molecule has 27 heavy (non-hydrogen) atoms. The molecule has 1 fully saturated rings. The highest BCUT2D eigenvalue weighted by Crippen LogP contribution is 2.29. The van der Waals surface area contributed by atoms with Crippen molar-refractivity contribution in [1.82, 2.24) is 4.90 Å². The van der Waals surface area contributed by atoms with Crippen LogP contribution >= 0.6 is 12.4 Å². The smallest absolute Gasteiger partial charge is 0.422 e. The van der Waals surface area contributed by atoms with E-state index in [1.54, 1.807) is 37.9 Å². The lowest BCUT2D eigenvalue weighted by Gasteiger charge is -2.22. The van der Waals surface area contributed by atoms with Gasteiger partial charge < -0.3 is 15.4 Å². The van der Waals surface area contributed by atoms with E-state index in [0.717, 1.165) is 24.8 Å². The van der Waals surface area contributed by atoms with Crippen LogP contribution in [0.5, 0.6) is 5.75 Å². The molecule has 0 bridgehead atoms. The second kappa shape index (κ2) is 9.64. The summed E-state index contributed by atoms with van der Waals surface area (Å²) in [5.41, 5.74) is 8.15. The largest absolute Gasteiger partial charge is 0.484 e. The van der Waals surface area contributed by atoms with Crippen LogP contribution in [-0.2, 0) is 11.3 Å². The Morgan fingerprint density at radius 2 is 1.85 bits per heavy atom. The molecule has 2 atom stereocenters. The number of nitrogens with zero attached hydrogens (tertiary/aromatic N) is 1. The van der Waals surface area contributed by atoms with Crippen LogP contribution in [0.1, 0.15) is 42.4 Å². The molecular weight excluding hydrogens is 381 g/mol. The molecule has 1 aromatic rings. The van der Waals surface area contributed by atoms with Crippen molar-refractivity contribution >= 4 is 18.3 Å². The number of nitrogens with two attached hydrogens (primary N) is 1. The van der Waals surface area contributed by atoms with Gasteiger partial charge >= 0.3 is 6.18 Å². The molecule has 2 rings (SSSR count). The molecule has 0 radical (unpaired) electrons. The molecule has 0 saturated heterocycles. The van der Waals surface area contributed by atoms with Crippen molar-refractivity contribution < 1.29 is 22.7 Å². The number of hydrogen-bond donors (Lipinski definition) is 1. The summed E-state index contributed by atoms with van der Waals surface area (Å²) in [5, 5.41) is 0. The maximum Gasteiger partial charge on any atom is 0.422 e. The van der Waals surface area contributed by atoms with Crippen LogP contribution in [0.15, 0.2) is 12.1 Å². The van der Waals surface area contributed by atoms with E-state index in [4.69, 9.17) is 10.5 Å². The predicted octanol–water partition coefficient (Wildman–Crippen LogP) is 4.14. The Balaban J connectivity index is 0.00000364. The van der Waals surface area contributed by atoms with Crippen molar-refractivity contribution in [3.05, 3.63) is 28.8 Å². The van der Waals surface area contributed by atoms with E-state index in [9.17, 15) is 18.0 Å². The minimum atomic E-state index is -4.37. The summed E-state index contributed by atoms with van der Waals surface area (Å²) in [5.74, 6) is 0.531. The Labute approximate surface area is 164 Å². The first kappa shape index (κ1) is 23.6. The Hall–Kier alpha value is -1.47. The molecule has 8 heteroatoms. The van der Waals surface area contributed by atoms with Crippen LogP contribution < -0.4 is 10.5 Å². The van der Waals surface area contributed by atoms with Gasteiger partial charge in [0.05, 0.1) is 0 Å². The van der Waals surface area contributed by atoms with Gasteiger partial charge in [-0.05, 0) is 49.3 Å². The highest BCUT2D eigenvalue weighted by atomic mass is 35.5. The second-order valence-electron chi connectivity index (χ2n) is 7.27. The number of carbonyl (C=O) groups is 1. The van der Waals surface area contributed by atoms with E-state index in [2.05, 4.69) is 0 Å². The van der Waals surface area contributed by atoms with Crippen molar-refractivity contribution in [1.29, 1.82) is 0 Å². The quantitative estimate of drug-likeness (QED) is 0.769. The van der Waals surface area contributed by atoms with Crippen molar-refractivity contribution in [3.8, 4) is 5.75 Å². The highest BCUT2D eigenvalue weighted by molar-refractivity contribution is 5.85. The zero-order valence-corrected chi connectivity index (χ0v) is 16.8. The van der Waals surface area contributed by atoms with Gasteiger partial charge in [-0.25, -0.2) is 0 Å². The van der Waals surface area contributed by atoms with Crippen LogP contribution in [0, 0.1) is 19.8 Å². The lowest BCUT2D eigenvalue weighted by atomic mass is 9.99. The van der Waals surface area contributed by atoms with Gasteiger partial charge in [0.25, 0.3) is 0 Å². The third-order valence-electron chi connectivity index (χ3n) is 4.90. The standard InChI is InChI=1S/C19H27F3N2O2.ClH/c1-12-7-14(8-13(2)18(12)26-11-19(20,21)22)10-24(3)17(25)9-15-5-4-6-16(15)23;/h7-8,15-16H,4-6,9-11,23H2,1-3H3;1H/t15-,16+;/m0./s1. The molecular formula is C19H28ClF3N2O2. The van der Waals surface area contributed by atoms with E-state index in [1.807, 2.05) is 0 Å². The minimum absolute atomic E-state index is 0. The molecule has 1 aliphatic carbocycles. The average molecular weight is 409 g/mol. The lowest BCUT2D eigenvalue weighted by molar-refractivity contribution is -0.153. The summed E-state index contributed by atoms with van der Waals surface area (Å²) >= 11 is 0. The maximum absolute atomic E-state index is 12.4. The molecule has 0 unspecified atom stereocenters. The molecule has 1 amide bonds. The average Bonchev–Trinajstić information content (AvgIpc) is 2.90. The minimum Gasteiger partial charge on any atom is -0.484 e. The SMILES string of the molecule is Cc1cc(CN(C)C(=O)C[C@@H]2CCC[C@H]2N)cc(C)c1OCC(F)(F)F.Cl. The summed E-state index contributed by atoms with van der Waals surface area (Å²) in [4.78, 5) is 14.1. The Kier molecular flexibility index (Phi) is 8.42. The van der Waals surface area contributed by atoms with Gasteiger partial charge in [-0.15, -0.1) is 12.4 Å². The third-order valence-corrected chi connectivity index (χ3v) is 4.90. The Morgan fingerprint density at radius 1 is 1.26 bits per heavy atom. The highest BCUT2D eigenvalue weighted by Gasteiger charge is 2.29. The number of hydrogen-bond acceptors (Lipinski definition) is 3. The molecule has 0 aromatic heterocycles. The third kappa shape index (κ3) is 6.88. The van der Waals surface area contributed by atoms with Crippen LogP contribution in [0.3, 0.4) is 0 Å². The second-order valence-corrected chi connectivity index (χ2v) is 7.27. The van der Waals surface area contributed by atoms with E-state index >= 15 is 0 Å². The summed E-state index contributed by atoms with van der Waals surface area (Å²) in [7, 11) is 1.74. The molecule has 1 aliphatic rings. The summed E-state index contributed by atoms with van der Waals surface area (Å²) in [6.45, 7) is 2.51. The number of benzene rings is 1. The number of aryl methyl sites for hydroxylation is 2. The molecule has 0 heterocycles. The van der Waals surface area contributed by atoms with Crippen LogP contribution in [0.25, 0.3) is 0 Å². The lowest BCUT2D eigenvalue weighted by Crippen LogP contribution is -2.32. The maximum atomic E-state index is 12.4.